The minimum atomic E-state index is -0.0188. The highest BCUT2D eigenvalue weighted by atomic mass is 16.5. The Hall–Kier alpha value is -0.560. The molecule has 1 unspecified atom stereocenters. The summed E-state index contributed by atoms with van der Waals surface area (Å²) in [6.07, 6.45) is 8.10. The molecule has 0 aromatic carbocycles. The van der Waals surface area contributed by atoms with Gasteiger partial charge in [0.25, 0.3) is 0 Å². The monoisotopic (exact) mass is 182 g/mol. The third-order valence-corrected chi connectivity index (χ3v) is 2.48. The number of ether oxygens (including phenoxy) is 1. The molecular weight excluding hydrogens is 164 g/mol. The van der Waals surface area contributed by atoms with Crippen LogP contribution in [0.5, 0.6) is 0 Å². The van der Waals surface area contributed by atoms with Gasteiger partial charge in [-0.2, -0.15) is 0 Å². The van der Waals surface area contributed by atoms with Crippen molar-refractivity contribution in [2.75, 3.05) is 26.3 Å². The van der Waals surface area contributed by atoms with Crippen LogP contribution in [0.3, 0.4) is 0 Å². The zero-order valence-electron chi connectivity index (χ0n) is 8.01. The van der Waals surface area contributed by atoms with E-state index in [0.29, 0.717) is 13.2 Å². The first kappa shape index (κ1) is 10.5. The van der Waals surface area contributed by atoms with Gasteiger partial charge in [-0.1, -0.05) is 0 Å². The summed E-state index contributed by atoms with van der Waals surface area (Å²) >= 11 is 0. The Balaban J connectivity index is 2.34. The van der Waals surface area contributed by atoms with Crippen LogP contribution in [0.25, 0.3) is 0 Å². The smallest absolute Gasteiger partial charge is 0.0660 e. The van der Waals surface area contributed by atoms with E-state index in [4.69, 9.17) is 16.9 Å². The predicted octanol–water partition coefficient (Wildman–Crippen LogP) is 0.107. The maximum absolute atomic E-state index is 5.73. The molecule has 3 heteroatoms. The van der Waals surface area contributed by atoms with Gasteiger partial charge in [0, 0.05) is 26.1 Å². The second-order valence-corrected chi connectivity index (χ2v) is 3.52. The molecule has 1 heterocycles. The van der Waals surface area contributed by atoms with E-state index in [9.17, 15) is 0 Å². The van der Waals surface area contributed by atoms with Crippen molar-refractivity contribution in [3.8, 4) is 12.3 Å². The van der Waals surface area contributed by atoms with E-state index < -0.39 is 0 Å². The van der Waals surface area contributed by atoms with Crippen LogP contribution < -0.4 is 11.1 Å². The Morgan fingerprint density at radius 2 is 2.46 bits per heavy atom. The Kier molecular flexibility index (Phi) is 4.23. The SMILES string of the molecule is C#CCCNC1(CN)CCCOC1. The van der Waals surface area contributed by atoms with Gasteiger partial charge in [-0.25, -0.2) is 0 Å². The summed E-state index contributed by atoms with van der Waals surface area (Å²) in [5.74, 6) is 2.60. The Morgan fingerprint density at radius 1 is 1.62 bits per heavy atom. The van der Waals surface area contributed by atoms with Crippen LogP contribution in [-0.4, -0.2) is 31.8 Å². The quantitative estimate of drug-likeness (QED) is 0.479. The number of terminal acetylenes is 1. The van der Waals surface area contributed by atoms with Crippen LogP contribution in [0.15, 0.2) is 0 Å². The fourth-order valence-corrected chi connectivity index (χ4v) is 1.62. The van der Waals surface area contributed by atoms with Crippen molar-refractivity contribution in [2.24, 2.45) is 5.73 Å². The van der Waals surface area contributed by atoms with E-state index in [1.165, 1.54) is 0 Å². The van der Waals surface area contributed by atoms with Gasteiger partial charge >= 0.3 is 0 Å². The molecule has 0 saturated carbocycles. The maximum atomic E-state index is 5.73. The van der Waals surface area contributed by atoms with E-state index in [2.05, 4.69) is 11.2 Å². The molecule has 13 heavy (non-hydrogen) atoms. The molecule has 74 valence electrons. The standard InChI is InChI=1S/C10H18N2O/c1-2-3-6-12-10(8-11)5-4-7-13-9-10/h1,12H,3-9,11H2. The van der Waals surface area contributed by atoms with E-state index in [0.717, 1.165) is 32.4 Å². The molecule has 1 aliphatic heterocycles. The van der Waals surface area contributed by atoms with Crippen molar-refractivity contribution in [1.82, 2.24) is 5.32 Å². The average molecular weight is 182 g/mol. The number of rotatable bonds is 4. The topological polar surface area (TPSA) is 47.3 Å². The number of hydrogen-bond acceptors (Lipinski definition) is 3. The molecule has 1 rings (SSSR count). The summed E-state index contributed by atoms with van der Waals surface area (Å²) in [7, 11) is 0. The molecule has 1 fully saturated rings. The fraction of sp³-hybridized carbons (Fsp3) is 0.800. The van der Waals surface area contributed by atoms with E-state index in [1.54, 1.807) is 0 Å². The van der Waals surface area contributed by atoms with Crippen LogP contribution in [-0.2, 0) is 4.74 Å². The largest absolute Gasteiger partial charge is 0.379 e. The first-order valence-electron chi connectivity index (χ1n) is 4.79. The van der Waals surface area contributed by atoms with Crippen LogP contribution >= 0.6 is 0 Å². The second-order valence-electron chi connectivity index (χ2n) is 3.52. The molecule has 0 aliphatic carbocycles. The Morgan fingerprint density at radius 3 is 3.00 bits per heavy atom. The summed E-state index contributed by atoms with van der Waals surface area (Å²) in [6.45, 7) is 3.03. The highest BCUT2D eigenvalue weighted by Crippen LogP contribution is 2.17. The second kappa shape index (κ2) is 5.23. The fourth-order valence-electron chi connectivity index (χ4n) is 1.62. The summed E-state index contributed by atoms with van der Waals surface area (Å²) in [6, 6.07) is 0. The minimum Gasteiger partial charge on any atom is -0.379 e. The highest BCUT2D eigenvalue weighted by Gasteiger charge is 2.30. The Labute approximate surface area is 80.0 Å². The van der Waals surface area contributed by atoms with Crippen molar-refractivity contribution in [1.29, 1.82) is 0 Å². The molecular formula is C10H18N2O. The van der Waals surface area contributed by atoms with Crippen LogP contribution in [0.2, 0.25) is 0 Å². The van der Waals surface area contributed by atoms with Gasteiger partial charge in [0.05, 0.1) is 12.1 Å². The number of hydrogen-bond donors (Lipinski definition) is 2. The minimum absolute atomic E-state index is 0.0188. The maximum Gasteiger partial charge on any atom is 0.0660 e. The zero-order chi connectivity index (χ0) is 9.57. The molecule has 3 N–H and O–H groups in total. The molecule has 0 radical (unpaired) electrons. The van der Waals surface area contributed by atoms with Gasteiger partial charge in [-0.05, 0) is 12.8 Å². The zero-order valence-corrected chi connectivity index (χ0v) is 8.01. The first-order chi connectivity index (χ1) is 6.33. The predicted molar refractivity (Wildman–Crippen MR) is 53.3 cm³/mol. The first-order valence-corrected chi connectivity index (χ1v) is 4.79. The summed E-state index contributed by atoms with van der Waals surface area (Å²) in [5.41, 5.74) is 5.71. The molecule has 0 aromatic heterocycles. The lowest BCUT2D eigenvalue weighted by Crippen LogP contribution is -2.56. The van der Waals surface area contributed by atoms with Crippen LogP contribution in [0.1, 0.15) is 19.3 Å². The van der Waals surface area contributed by atoms with Crippen LogP contribution in [0.4, 0.5) is 0 Å². The van der Waals surface area contributed by atoms with Gasteiger partial charge in [0.2, 0.25) is 0 Å². The number of nitrogens with two attached hydrogens (primary N) is 1. The van der Waals surface area contributed by atoms with Gasteiger partial charge < -0.3 is 15.8 Å². The molecule has 0 bridgehead atoms. The van der Waals surface area contributed by atoms with Gasteiger partial charge in [-0.15, -0.1) is 12.3 Å². The average Bonchev–Trinajstić information content (AvgIpc) is 2.20. The molecule has 0 spiro atoms. The third kappa shape index (κ3) is 3.00. The lowest BCUT2D eigenvalue weighted by molar-refractivity contribution is 0.0246. The molecule has 1 aliphatic rings. The molecule has 0 amide bonds. The lowest BCUT2D eigenvalue weighted by atomic mass is 9.92. The summed E-state index contributed by atoms with van der Waals surface area (Å²) < 4.78 is 5.41. The normalized spacial score (nSPS) is 28.3. The van der Waals surface area contributed by atoms with Crippen molar-refractivity contribution >= 4 is 0 Å². The number of nitrogens with one attached hydrogen (secondary N) is 1. The lowest BCUT2D eigenvalue weighted by Gasteiger charge is -2.36. The molecule has 1 saturated heterocycles. The van der Waals surface area contributed by atoms with Gasteiger partial charge in [0.1, 0.15) is 0 Å². The highest BCUT2D eigenvalue weighted by molar-refractivity contribution is 4.93. The molecule has 1 atom stereocenters. The van der Waals surface area contributed by atoms with Gasteiger partial charge in [0.15, 0.2) is 0 Å². The van der Waals surface area contributed by atoms with Crippen molar-refractivity contribution in [3.05, 3.63) is 0 Å². The summed E-state index contributed by atoms with van der Waals surface area (Å²) in [4.78, 5) is 0. The summed E-state index contributed by atoms with van der Waals surface area (Å²) in [5, 5.41) is 3.39. The van der Waals surface area contributed by atoms with Crippen molar-refractivity contribution in [2.45, 2.75) is 24.8 Å². The Bertz CT molecular complexity index is 180. The molecule has 3 nitrogen and oxygen atoms in total. The van der Waals surface area contributed by atoms with E-state index >= 15 is 0 Å². The van der Waals surface area contributed by atoms with Crippen LogP contribution in [0, 0.1) is 12.3 Å². The van der Waals surface area contributed by atoms with E-state index in [-0.39, 0.29) is 5.54 Å². The molecule has 0 aromatic rings. The van der Waals surface area contributed by atoms with E-state index in [1.807, 2.05) is 0 Å². The third-order valence-electron chi connectivity index (χ3n) is 2.48. The van der Waals surface area contributed by atoms with Crippen molar-refractivity contribution < 1.29 is 4.74 Å². The van der Waals surface area contributed by atoms with Crippen molar-refractivity contribution in [3.63, 3.8) is 0 Å². The van der Waals surface area contributed by atoms with Gasteiger partial charge in [-0.3, -0.25) is 0 Å².